The van der Waals surface area contributed by atoms with Crippen LogP contribution in [0.15, 0.2) is 24.3 Å². The number of carboxylic acid groups (broad SMARTS) is 7. The molecule has 1 unspecified atom stereocenters. The topological polar surface area (TPSA) is 405 Å². The number of anilines is 4. The largest absolute Gasteiger partial charge is 3.00 e. The van der Waals surface area contributed by atoms with Crippen LogP contribution < -0.4 is 31.1 Å². The van der Waals surface area contributed by atoms with Crippen LogP contribution in [0.3, 0.4) is 0 Å². The maximum atomic E-state index is 12.4. The van der Waals surface area contributed by atoms with Gasteiger partial charge >= 0.3 is 84.7 Å². The second kappa shape index (κ2) is 41.2. The molecular weight excluding hydrogens is 1320 g/mol. The number of aromatic nitrogens is 3. The van der Waals surface area contributed by atoms with Gasteiger partial charge in [-0.3, -0.25) is 53.3 Å². The predicted octanol–water partition coefficient (Wildman–Crippen LogP) is 2.07. The SMILES string of the molecule is O=C(O)CC[C@H](NC(=O)N[C@@H](CCCCNC(=O)CCCCCCCCCCN1CCN(c2nc(Nc3ccc(CC4CN(CC(=O)O)CCN(CC(=O)O)CCN(CC(=O)O)CCN4CC(=O)O)cc3)nc(N3CCCCC3)n2)CC1)C(=O)O)C(=O)O.[Lu+3]. The molecule has 30 nitrogen and oxygen atoms in total. The quantitative estimate of drug-likeness (QED) is 0.0431. The minimum atomic E-state index is -1.49. The molecule has 3 fully saturated rings. The summed E-state index contributed by atoms with van der Waals surface area (Å²) in [6.07, 6.45) is 12.3. The number of piperidine rings is 1. The van der Waals surface area contributed by atoms with Crippen molar-refractivity contribution in [3.63, 3.8) is 0 Å². The predicted molar refractivity (Wildman–Crippen MR) is 323 cm³/mol. The van der Waals surface area contributed by atoms with E-state index in [-0.39, 0.29) is 128 Å². The first kappa shape index (κ1) is 75.2. The third-order valence-electron chi connectivity index (χ3n) is 15.9. The van der Waals surface area contributed by atoms with E-state index in [9.17, 15) is 73.8 Å². The minimum absolute atomic E-state index is 0. The van der Waals surface area contributed by atoms with E-state index in [1.165, 1.54) is 0 Å². The average Bonchev–Trinajstić information content (AvgIpc) is 3.42. The van der Waals surface area contributed by atoms with E-state index >= 15 is 0 Å². The summed E-state index contributed by atoms with van der Waals surface area (Å²) < 4.78 is 0. The molecule has 0 aliphatic carbocycles. The molecule has 1 aromatic heterocycles. The van der Waals surface area contributed by atoms with Crippen molar-refractivity contribution in [2.75, 3.05) is 139 Å². The van der Waals surface area contributed by atoms with Crippen LogP contribution in [0.5, 0.6) is 0 Å². The number of piperazine rings is 1. The van der Waals surface area contributed by atoms with Gasteiger partial charge < -0.3 is 66.8 Å². The fourth-order valence-electron chi connectivity index (χ4n) is 11.1. The van der Waals surface area contributed by atoms with Gasteiger partial charge in [0.25, 0.3) is 0 Å². The number of nitrogens with zero attached hydrogens (tertiary/aromatic N) is 10. The molecule has 502 valence electrons. The molecule has 3 amide bonds. The Bertz CT molecular complexity index is 2560. The zero-order chi connectivity index (χ0) is 63.8. The number of urea groups is 1. The number of carbonyl (C=O) groups excluding carboxylic acids is 2. The molecular formula is C58H92LuN14O16+3. The molecule has 31 heteroatoms. The monoisotopic (exact) mass is 1420 g/mol. The summed E-state index contributed by atoms with van der Waals surface area (Å²) in [6, 6.07) is 3.29. The Kier molecular flexibility index (Phi) is 34.8. The van der Waals surface area contributed by atoms with Crippen molar-refractivity contribution in [2.45, 2.75) is 134 Å². The van der Waals surface area contributed by atoms with E-state index in [4.69, 9.17) is 20.1 Å². The van der Waals surface area contributed by atoms with Crippen LogP contribution in [-0.4, -0.2) is 271 Å². The summed E-state index contributed by atoms with van der Waals surface area (Å²) in [7, 11) is 0. The van der Waals surface area contributed by atoms with Crippen LogP contribution in [0.25, 0.3) is 0 Å². The number of carboxylic acids is 7. The number of aliphatic carboxylic acids is 7. The summed E-state index contributed by atoms with van der Waals surface area (Å²) in [5.74, 6) is -6.74. The Morgan fingerprint density at radius 3 is 1.53 bits per heavy atom. The number of amides is 3. The molecule has 3 atom stereocenters. The van der Waals surface area contributed by atoms with E-state index in [1.54, 1.807) is 19.6 Å². The maximum Gasteiger partial charge on any atom is 3.00 e. The van der Waals surface area contributed by atoms with Crippen molar-refractivity contribution >= 4 is 77.3 Å². The fraction of sp³-hybridized carbons (Fsp3) is 0.690. The van der Waals surface area contributed by atoms with Gasteiger partial charge in [0, 0.05) is 116 Å². The third-order valence-corrected chi connectivity index (χ3v) is 15.9. The van der Waals surface area contributed by atoms with Crippen LogP contribution in [0, 0.1) is 36.9 Å². The Hall–Kier alpha value is -6.31. The number of nitrogens with one attached hydrogen (secondary N) is 4. The fourth-order valence-corrected chi connectivity index (χ4v) is 11.1. The molecule has 1 aromatic carbocycles. The summed E-state index contributed by atoms with van der Waals surface area (Å²) in [6.45, 7) is 6.30. The molecule has 3 saturated heterocycles. The molecule has 3 aliphatic rings. The van der Waals surface area contributed by atoms with Crippen molar-refractivity contribution in [1.29, 1.82) is 0 Å². The molecule has 0 spiro atoms. The van der Waals surface area contributed by atoms with Gasteiger partial charge in [-0.2, -0.15) is 15.0 Å². The molecule has 0 bridgehead atoms. The van der Waals surface area contributed by atoms with Crippen molar-refractivity contribution < 1.29 is 116 Å². The van der Waals surface area contributed by atoms with E-state index in [0.29, 0.717) is 55.8 Å². The first-order chi connectivity index (χ1) is 42.2. The van der Waals surface area contributed by atoms with Crippen molar-refractivity contribution in [3.05, 3.63) is 29.8 Å². The molecule has 89 heavy (non-hydrogen) atoms. The number of carbonyl (C=O) groups is 9. The van der Waals surface area contributed by atoms with Gasteiger partial charge in [0.15, 0.2) is 0 Å². The van der Waals surface area contributed by atoms with Gasteiger partial charge in [-0.15, -0.1) is 0 Å². The van der Waals surface area contributed by atoms with Gasteiger partial charge in [0.2, 0.25) is 23.8 Å². The Morgan fingerprint density at radius 1 is 0.483 bits per heavy atom. The van der Waals surface area contributed by atoms with Crippen LogP contribution in [0.2, 0.25) is 0 Å². The van der Waals surface area contributed by atoms with E-state index in [2.05, 4.69) is 36.0 Å². The number of rotatable bonds is 37. The Labute approximate surface area is 548 Å². The van der Waals surface area contributed by atoms with Crippen LogP contribution in [-0.2, 0) is 44.8 Å². The van der Waals surface area contributed by atoms with Gasteiger partial charge in [0.1, 0.15) is 12.1 Å². The molecule has 11 N–H and O–H groups in total. The van der Waals surface area contributed by atoms with Crippen molar-refractivity contribution in [1.82, 2.24) is 55.4 Å². The normalized spacial score (nSPS) is 17.6. The summed E-state index contributed by atoms with van der Waals surface area (Å²) >= 11 is 0. The summed E-state index contributed by atoms with van der Waals surface area (Å²) in [5, 5.41) is 77.3. The Morgan fingerprint density at radius 2 is 0.978 bits per heavy atom. The number of benzene rings is 1. The molecule has 4 heterocycles. The maximum absolute atomic E-state index is 12.4. The molecule has 5 rings (SSSR count). The smallest absolute Gasteiger partial charge is 0.481 e. The molecule has 0 radical (unpaired) electrons. The van der Waals surface area contributed by atoms with Crippen LogP contribution >= 0.6 is 0 Å². The number of unbranched alkanes of at least 4 members (excludes halogenated alkanes) is 8. The zero-order valence-electron chi connectivity index (χ0n) is 50.7. The van der Waals surface area contributed by atoms with E-state index in [0.717, 1.165) is 122 Å². The van der Waals surface area contributed by atoms with E-state index in [1.807, 2.05) is 24.3 Å². The second-order valence-electron chi connectivity index (χ2n) is 22.9. The summed E-state index contributed by atoms with van der Waals surface area (Å²) in [5.41, 5.74) is 1.56. The molecule has 3 aliphatic heterocycles. The van der Waals surface area contributed by atoms with Gasteiger partial charge in [0.05, 0.1) is 26.2 Å². The minimum Gasteiger partial charge on any atom is -0.481 e. The molecule has 0 saturated carbocycles. The van der Waals surface area contributed by atoms with Gasteiger partial charge in [-0.25, -0.2) is 14.4 Å². The standard InChI is InChI=1S/C58H92N14O16.Lu/c73-47(59-22-10-9-14-45(53(84)85)61-58(88)62-46(54(86)87)20-21-48(74)75)15-8-5-3-1-2-4-6-11-23-66-30-33-71(34-31-66)57-64-55(63-56(65-57)70-24-12-7-13-25-70)60-43-18-16-42(17-19-43)36-44-37-69(40-51(80)81)29-28-67(38-49(76)77)26-27-68(39-50(78)79)32-35-72(44)41-52(82)83;/h16-19,44-46H,1-15,20-41H2,(H,59,73)(H,74,75)(H,76,77)(H,78,79)(H,80,81)(H,82,83)(H,84,85)(H,86,87)(H2,61,62,88)(H,60,63,64,65);/q;+3/t44?,45-,46-;/m0./s1. The Balaban J connectivity index is 0.0000169. The van der Waals surface area contributed by atoms with Crippen molar-refractivity contribution in [3.8, 4) is 0 Å². The van der Waals surface area contributed by atoms with E-state index < -0.39 is 72.4 Å². The third kappa shape index (κ3) is 30.4. The van der Waals surface area contributed by atoms with Crippen molar-refractivity contribution in [2.24, 2.45) is 0 Å². The van der Waals surface area contributed by atoms with Crippen LogP contribution in [0.4, 0.5) is 28.3 Å². The van der Waals surface area contributed by atoms with Gasteiger partial charge in [-0.05, 0) is 88.4 Å². The first-order valence-corrected chi connectivity index (χ1v) is 30.8. The second-order valence-corrected chi connectivity index (χ2v) is 22.9. The average molecular weight is 1420 g/mol. The zero-order valence-corrected chi connectivity index (χ0v) is 52.4. The number of hydrogen-bond donors (Lipinski definition) is 11. The molecule has 2 aromatic rings. The van der Waals surface area contributed by atoms with Crippen LogP contribution in [0.1, 0.15) is 115 Å². The number of hydrogen-bond acceptors (Lipinski definition) is 20. The summed E-state index contributed by atoms with van der Waals surface area (Å²) in [4.78, 5) is 135. The van der Waals surface area contributed by atoms with Gasteiger partial charge in [-0.1, -0.05) is 50.7 Å². The first-order valence-electron chi connectivity index (χ1n) is 30.8.